The van der Waals surface area contributed by atoms with Crippen LogP contribution in [0.15, 0.2) is 36.5 Å². The van der Waals surface area contributed by atoms with Gasteiger partial charge in [-0.3, -0.25) is 0 Å². The number of rotatable bonds is 3. The number of benzene rings is 1. The van der Waals surface area contributed by atoms with E-state index in [0.717, 1.165) is 18.1 Å². The summed E-state index contributed by atoms with van der Waals surface area (Å²) >= 11 is 0. The van der Waals surface area contributed by atoms with Gasteiger partial charge in [0, 0.05) is 18.8 Å². The van der Waals surface area contributed by atoms with Gasteiger partial charge < -0.3 is 5.32 Å². The van der Waals surface area contributed by atoms with E-state index < -0.39 is 0 Å². The summed E-state index contributed by atoms with van der Waals surface area (Å²) in [6, 6.07) is 11.4. The molecule has 0 saturated carbocycles. The van der Waals surface area contributed by atoms with E-state index in [1.807, 2.05) is 37.4 Å². The molecule has 80 valence electrons. The number of aromatic nitrogens is 2. The number of nitriles is 1. The maximum absolute atomic E-state index is 8.98. The zero-order valence-electron chi connectivity index (χ0n) is 9.01. The molecule has 4 heteroatoms. The van der Waals surface area contributed by atoms with E-state index >= 15 is 0 Å². The second-order valence-corrected chi connectivity index (χ2v) is 3.30. The van der Waals surface area contributed by atoms with Gasteiger partial charge in [-0.2, -0.15) is 10.4 Å². The zero-order valence-corrected chi connectivity index (χ0v) is 9.01. The summed E-state index contributed by atoms with van der Waals surface area (Å²) < 4.78 is 1.70. The van der Waals surface area contributed by atoms with Gasteiger partial charge in [-0.15, -0.1) is 0 Å². The predicted molar refractivity (Wildman–Crippen MR) is 62.4 cm³/mol. The second kappa shape index (κ2) is 4.49. The highest BCUT2D eigenvalue weighted by Crippen LogP contribution is 2.14. The molecule has 2 rings (SSSR count). The smallest absolute Gasteiger partial charge is 0.148 e. The molecular weight excluding hydrogens is 200 g/mol. The van der Waals surface area contributed by atoms with Crippen LogP contribution in [0, 0.1) is 11.3 Å². The van der Waals surface area contributed by atoms with Crippen molar-refractivity contribution in [1.29, 1.82) is 5.26 Å². The molecule has 1 aromatic carbocycles. The SMILES string of the molecule is CCNc1ccn(-c2ccccc2C#N)n1. The van der Waals surface area contributed by atoms with Crippen LogP contribution in [-0.4, -0.2) is 16.3 Å². The van der Waals surface area contributed by atoms with Crippen molar-refractivity contribution >= 4 is 5.82 Å². The fourth-order valence-corrected chi connectivity index (χ4v) is 1.50. The lowest BCUT2D eigenvalue weighted by atomic mass is 10.2. The lowest BCUT2D eigenvalue weighted by molar-refractivity contribution is 0.876. The van der Waals surface area contributed by atoms with Gasteiger partial charge in [0.15, 0.2) is 0 Å². The van der Waals surface area contributed by atoms with E-state index in [9.17, 15) is 0 Å². The molecule has 0 aliphatic heterocycles. The molecule has 0 fully saturated rings. The molecule has 1 N–H and O–H groups in total. The van der Waals surface area contributed by atoms with Crippen molar-refractivity contribution in [3.63, 3.8) is 0 Å². The Morgan fingerprint density at radius 3 is 2.94 bits per heavy atom. The Labute approximate surface area is 94.1 Å². The summed E-state index contributed by atoms with van der Waals surface area (Å²) in [5, 5.41) is 16.4. The Kier molecular flexibility index (Phi) is 2.88. The minimum atomic E-state index is 0.619. The van der Waals surface area contributed by atoms with Gasteiger partial charge in [0.1, 0.15) is 11.9 Å². The van der Waals surface area contributed by atoms with Crippen molar-refractivity contribution in [3.8, 4) is 11.8 Å². The van der Waals surface area contributed by atoms with Gasteiger partial charge in [0.2, 0.25) is 0 Å². The van der Waals surface area contributed by atoms with Gasteiger partial charge in [0.05, 0.1) is 11.3 Å². The fourth-order valence-electron chi connectivity index (χ4n) is 1.50. The molecule has 0 spiro atoms. The summed E-state index contributed by atoms with van der Waals surface area (Å²) in [6.45, 7) is 2.85. The fraction of sp³-hybridized carbons (Fsp3) is 0.167. The van der Waals surface area contributed by atoms with E-state index in [4.69, 9.17) is 5.26 Å². The highest BCUT2D eigenvalue weighted by atomic mass is 15.3. The normalized spacial score (nSPS) is 9.75. The van der Waals surface area contributed by atoms with Crippen LogP contribution in [0.1, 0.15) is 12.5 Å². The molecule has 1 heterocycles. The van der Waals surface area contributed by atoms with Gasteiger partial charge in [-0.1, -0.05) is 12.1 Å². The van der Waals surface area contributed by atoms with Crippen molar-refractivity contribution in [2.45, 2.75) is 6.92 Å². The Bertz CT molecular complexity index is 522. The second-order valence-electron chi connectivity index (χ2n) is 3.30. The molecule has 1 aromatic heterocycles. The Hall–Kier alpha value is -2.28. The van der Waals surface area contributed by atoms with E-state index in [-0.39, 0.29) is 0 Å². The molecule has 0 amide bonds. The molecule has 0 radical (unpaired) electrons. The van der Waals surface area contributed by atoms with Crippen LogP contribution in [0.25, 0.3) is 5.69 Å². The third-order valence-corrected chi connectivity index (χ3v) is 2.22. The quantitative estimate of drug-likeness (QED) is 0.848. The first-order chi connectivity index (χ1) is 7.85. The number of nitrogens with one attached hydrogen (secondary N) is 1. The number of para-hydroxylation sites is 1. The molecule has 0 aliphatic carbocycles. The number of anilines is 1. The third kappa shape index (κ3) is 1.89. The van der Waals surface area contributed by atoms with Crippen molar-refractivity contribution in [2.75, 3.05) is 11.9 Å². The average molecular weight is 212 g/mol. The number of nitrogens with zero attached hydrogens (tertiary/aromatic N) is 3. The molecule has 0 aliphatic rings. The number of hydrogen-bond donors (Lipinski definition) is 1. The first-order valence-corrected chi connectivity index (χ1v) is 5.14. The Balaban J connectivity index is 2.39. The van der Waals surface area contributed by atoms with E-state index in [1.54, 1.807) is 10.7 Å². The topological polar surface area (TPSA) is 53.6 Å². The molecule has 0 saturated heterocycles. The molecule has 16 heavy (non-hydrogen) atoms. The van der Waals surface area contributed by atoms with Crippen molar-refractivity contribution in [1.82, 2.24) is 9.78 Å². The summed E-state index contributed by atoms with van der Waals surface area (Å²) in [5.74, 6) is 0.815. The number of hydrogen-bond acceptors (Lipinski definition) is 3. The molecule has 4 nitrogen and oxygen atoms in total. The van der Waals surface area contributed by atoms with Gasteiger partial charge in [-0.05, 0) is 19.1 Å². The third-order valence-electron chi connectivity index (χ3n) is 2.22. The van der Waals surface area contributed by atoms with Crippen LogP contribution < -0.4 is 5.32 Å². The molecular formula is C12H12N4. The van der Waals surface area contributed by atoms with Crippen molar-refractivity contribution < 1.29 is 0 Å². The molecule has 2 aromatic rings. The maximum Gasteiger partial charge on any atom is 0.148 e. The highest BCUT2D eigenvalue weighted by Gasteiger charge is 2.04. The monoisotopic (exact) mass is 212 g/mol. The summed E-state index contributed by atoms with van der Waals surface area (Å²) in [7, 11) is 0. The van der Waals surface area contributed by atoms with Crippen molar-refractivity contribution in [3.05, 3.63) is 42.1 Å². The molecule has 0 unspecified atom stereocenters. The average Bonchev–Trinajstić information content (AvgIpc) is 2.78. The van der Waals surface area contributed by atoms with Crippen LogP contribution in [0.5, 0.6) is 0 Å². The lowest BCUT2D eigenvalue weighted by Gasteiger charge is -2.03. The highest BCUT2D eigenvalue weighted by molar-refractivity contribution is 5.49. The summed E-state index contributed by atoms with van der Waals surface area (Å²) in [4.78, 5) is 0. The standard InChI is InChI=1S/C12H12N4/c1-2-14-12-7-8-16(15-12)11-6-4-3-5-10(11)9-13/h3-8H,2H2,1H3,(H,14,15). The van der Waals surface area contributed by atoms with Crippen LogP contribution in [0.2, 0.25) is 0 Å². The van der Waals surface area contributed by atoms with Crippen LogP contribution >= 0.6 is 0 Å². The first-order valence-electron chi connectivity index (χ1n) is 5.14. The summed E-state index contributed by atoms with van der Waals surface area (Å²) in [5.41, 5.74) is 1.42. The largest absolute Gasteiger partial charge is 0.369 e. The zero-order chi connectivity index (χ0) is 11.4. The maximum atomic E-state index is 8.98. The van der Waals surface area contributed by atoms with Gasteiger partial charge >= 0.3 is 0 Å². The van der Waals surface area contributed by atoms with Crippen LogP contribution in [0.4, 0.5) is 5.82 Å². The van der Waals surface area contributed by atoms with E-state index in [2.05, 4.69) is 16.5 Å². The van der Waals surface area contributed by atoms with E-state index in [1.165, 1.54) is 0 Å². The summed E-state index contributed by atoms with van der Waals surface area (Å²) in [6.07, 6.45) is 1.84. The van der Waals surface area contributed by atoms with Gasteiger partial charge in [0.25, 0.3) is 0 Å². The van der Waals surface area contributed by atoms with Gasteiger partial charge in [-0.25, -0.2) is 4.68 Å². The Morgan fingerprint density at radius 1 is 1.38 bits per heavy atom. The first kappa shape index (κ1) is 10.2. The predicted octanol–water partition coefficient (Wildman–Crippen LogP) is 2.18. The van der Waals surface area contributed by atoms with Crippen LogP contribution in [-0.2, 0) is 0 Å². The lowest BCUT2D eigenvalue weighted by Crippen LogP contribution is -2.01. The minimum absolute atomic E-state index is 0.619. The molecule has 0 atom stereocenters. The van der Waals surface area contributed by atoms with E-state index in [0.29, 0.717) is 5.56 Å². The van der Waals surface area contributed by atoms with Crippen LogP contribution in [0.3, 0.4) is 0 Å². The molecule has 0 bridgehead atoms. The minimum Gasteiger partial charge on any atom is -0.369 e. The van der Waals surface area contributed by atoms with Crippen molar-refractivity contribution in [2.24, 2.45) is 0 Å². The Morgan fingerprint density at radius 2 is 2.19 bits per heavy atom.